The second kappa shape index (κ2) is 5.80. The van der Waals surface area contributed by atoms with E-state index in [0.717, 1.165) is 0 Å². The maximum absolute atomic E-state index is 13.1. The lowest BCUT2D eigenvalue weighted by Gasteiger charge is -2.42. The molecule has 1 atom stereocenters. The minimum atomic E-state index is -8.48. The van der Waals surface area contributed by atoms with E-state index in [4.69, 9.17) is 0 Å². The van der Waals surface area contributed by atoms with E-state index in [9.17, 15) is 74.6 Å². The van der Waals surface area contributed by atoms with Crippen LogP contribution in [0.3, 0.4) is 0 Å². The highest BCUT2D eigenvalue weighted by Crippen LogP contribution is 2.64. The second-order valence-electron chi connectivity index (χ2n) is 4.44. The van der Waals surface area contributed by atoms with Gasteiger partial charge in [0.25, 0.3) is 0 Å². The predicted octanol–water partition coefficient (Wildman–Crippen LogP) is 6.19. The van der Waals surface area contributed by atoms with Crippen molar-refractivity contribution in [2.45, 2.75) is 47.1 Å². The van der Waals surface area contributed by atoms with Gasteiger partial charge < -0.3 is 0 Å². The molecule has 0 aromatic heterocycles. The van der Waals surface area contributed by atoms with Gasteiger partial charge in [-0.1, -0.05) is 11.6 Å². The highest BCUT2D eigenvalue weighted by molar-refractivity contribution is 6.24. The Morgan fingerprint density at radius 3 is 0.769 bits per heavy atom. The van der Waals surface area contributed by atoms with Crippen molar-refractivity contribution < 1.29 is 74.6 Å². The van der Waals surface area contributed by atoms with E-state index in [1.807, 2.05) is 0 Å². The quantitative estimate of drug-likeness (QED) is 0.343. The standard InChI is InChI=1S/C8ClF17/c9-1(10,3(13,14)7(21,22)23)2(11,12)4(15,16)5(17,18)6(19,20)8(24,25)26. The molecule has 0 radical (unpaired) electrons. The van der Waals surface area contributed by atoms with Gasteiger partial charge in [0.2, 0.25) is 0 Å². The minimum Gasteiger partial charge on any atom is -0.212 e. The van der Waals surface area contributed by atoms with E-state index in [-0.39, 0.29) is 0 Å². The molecule has 0 fully saturated rings. The van der Waals surface area contributed by atoms with E-state index in [1.54, 1.807) is 0 Å². The molecule has 0 nitrogen and oxygen atoms in total. The summed E-state index contributed by atoms with van der Waals surface area (Å²) in [7, 11) is 0. The summed E-state index contributed by atoms with van der Waals surface area (Å²) in [5.41, 5.74) is 0. The van der Waals surface area contributed by atoms with Crippen molar-refractivity contribution in [2.75, 3.05) is 0 Å². The summed E-state index contributed by atoms with van der Waals surface area (Å²) in [6, 6.07) is 0. The van der Waals surface area contributed by atoms with Crippen LogP contribution < -0.4 is 0 Å². The topological polar surface area (TPSA) is 0 Å². The van der Waals surface area contributed by atoms with Crippen molar-refractivity contribution in [3.05, 3.63) is 0 Å². The molecule has 0 aliphatic heterocycles. The molecule has 0 amide bonds. The van der Waals surface area contributed by atoms with Gasteiger partial charge in [-0.2, -0.15) is 70.2 Å². The normalized spacial score (nSPS) is 18.7. The monoisotopic (exact) mass is 454 g/mol. The third-order valence-electron chi connectivity index (χ3n) is 2.68. The first-order valence-electron chi connectivity index (χ1n) is 5.15. The average Bonchev–Trinajstić information content (AvgIpc) is 2.34. The molecule has 0 bridgehead atoms. The van der Waals surface area contributed by atoms with Crippen molar-refractivity contribution in [3.8, 4) is 0 Å². The molecule has 0 saturated carbocycles. The van der Waals surface area contributed by atoms with Gasteiger partial charge in [-0.3, -0.25) is 0 Å². The van der Waals surface area contributed by atoms with E-state index in [1.165, 1.54) is 0 Å². The summed E-state index contributed by atoms with van der Waals surface area (Å²) >= 11 is 3.33. The summed E-state index contributed by atoms with van der Waals surface area (Å²) in [5, 5.41) is -7.59. The van der Waals surface area contributed by atoms with Crippen molar-refractivity contribution >= 4 is 11.6 Å². The molecule has 0 aromatic rings. The van der Waals surface area contributed by atoms with Crippen LogP contribution in [0, 0.1) is 0 Å². The van der Waals surface area contributed by atoms with Crippen LogP contribution >= 0.6 is 11.6 Å². The Hall–Kier alpha value is -0.900. The largest absolute Gasteiger partial charge is 0.460 e. The van der Waals surface area contributed by atoms with Gasteiger partial charge in [0, 0.05) is 0 Å². The van der Waals surface area contributed by atoms with Crippen LogP contribution in [0.5, 0.6) is 0 Å². The van der Waals surface area contributed by atoms with E-state index in [2.05, 4.69) is 11.6 Å². The fourth-order valence-electron chi connectivity index (χ4n) is 1.14. The van der Waals surface area contributed by atoms with Gasteiger partial charge in [-0.25, -0.2) is 4.39 Å². The molecule has 0 spiro atoms. The third-order valence-corrected chi connectivity index (χ3v) is 3.16. The SMILES string of the molecule is FC(F)(F)C(F)(F)C(F)(F)C(F)(F)C(F)(F)C(F)(Cl)C(F)(F)C(F)(F)F. The number of alkyl halides is 18. The maximum Gasteiger partial charge on any atom is 0.460 e. The van der Waals surface area contributed by atoms with Crippen LogP contribution in [0.15, 0.2) is 0 Å². The minimum absolute atomic E-state index is 3.33. The van der Waals surface area contributed by atoms with Crippen molar-refractivity contribution in [1.29, 1.82) is 0 Å². The lowest BCUT2D eigenvalue weighted by Crippen LogP contribution is -2.73. The molecule has 0 aromatic carbocycles. The fraction of sp³-hybridized carbons (Fsp3) is 1.00. The first-order chi connectivity index (χ1) is 10.8. The highest BCUT2D eigenvalue weighted by atomic mass is 35.5. The molecule has 0 heterocycles. The zero-order chi connectivity index (χ0) is 22.0. The zero-order valence-electron chi connectivity index (χ0n) is 10.8. The third kappa shape index (κ3) is 2.93. The summed E-state index contributed by atoms with van der Waals surface area (Å²) in [4.78, 5) is 0. The van der Waals surface area contributed by atoms with Crippen LogP contribution in [0.1, 0.15) is 0 Å². The molecule has 0 rings (SSSR count). The summed E-state index contributed by atoms with van der Waals surface area (Å²) in [5.74, 6) is -41.1. The van der Waals surface area contributed by atoms with Crippen LogP contribution in [-0.2, 0) is 0 Å². The molecule has 0 N–H and O–H groups in total. The van der Waals surface area contributed by atoms with Crippen molar-refractivity contribution in [2.24, 2.45) is 0 Å². The van der Waals surface area contributed by atoms with Gasteiger partial charge in [0.1, 0.15) is 0 Å². The van der Waals surface area contributed by atoms with Crippen LogP contribution in [0.2, 0.25) is 0 Å². The molecule has 18 heteroatoms. The van der Waals surface area contributed by atoms with E-state index < -0.39 is 47.1 Å². The highest BCUT2D eigenvalue weighted by Gasteiger charge is 2.94. The smallest absolute Gasteiger partial charge is 0.212 e. The van der Waals surface area contributed by atoms with Crippen LogP contribution in [-0.4, -0.2) is 47.1 Å². The molecule has 158 valence electrons. The Morgan fingerprint density at radius 1 is 0.308 bits per heavy atom. The van der Waals surface area contributed by atoms with Gasteiger partial charge in [-0.05, 0) is 0 Å². The summed E-state index contributed by atoms with van der Waals surface area (Å²) < 4.78 is 211. The Balaban J connectivity index is 6.61. The summed E-state index contributed by atoms with van der Waals surface area (Å²) in [6.07, 6.45) is -15.3. The number of halogens is 18. The lowest BCUT2D eigenvalue weighted by atomic mass is 9.92. The number of hydrogen-bond acceptors (Lipinski definition) is 0. The van der Waals surface area contributed by atoms with Gasteiger partial charge in [-0.15, -0.1) is 0 Å². The molecule has 26 heavy (non-hydrogen) atoms. The molecular formula is C8ClF17. The van der Waals surface area contributed by atoms with Crippen molar-refractivity contribution in [3.63, 3.8) is 0 Å². The molecule has 0 aliphatic rings. The van der Waals surface area contributed by atoms with Crippen LogP contribution in [0.25, 0.3) is 0 Å². The first kappa shape index (κ1) is 25.1. The molecular weight excluding hydrogens is 455 g/mol. The fourth-order valence-corrected chi connectivity index (χ4v) is 1.37. The Morgan fingerprint density at radius 2 is 0.538 bits per heavy atom. The molecule has 0 saturated heterocycles. The van der Waals surface area contributed by atoms with E-state index >= 15 is 0 Å². The predicted molar refractivity (Wildman–Crippen MR) is 46.5 cm³/mol. The number of hydrogen-bond donors (Lipinski definition) is 0. The molecule has 1 unspecified atom stereocenters. The first-order valence-corrected chi connectivity index (χ1v) is 5.53. The zero-order valence-corrected chi connectivity index (χ0v) is 11.6. The van der Waals surface area contributed by atoms with Crippen LogP contribution in [0.4, 0.5) is 74.6 Å². The number of rotatable bonds is 5. The van der Waals surface area contributed by atoms with Gasteiger partial charge in [0.05, 0.1) is 0 Å². The Bertz CT molecular complexity index is 474. The Kier molecular flexibility index (Phi) is 5.60. The maximum atomic E-state index is 13.1. The lowest BCUT2D eigenvalue weighted by molar-refractivity contribution is -0.442. The van der Waals surface area contributed by atoms with Crippen molar-refractivity contribution in [1.82, 2.24) is 0 Å². The Labute approximate surface area is 134 Å². The van der Waals surface area contributed by atoms with E-state index in [0.29, 0.717) is 0 Å². The average molecular weight is 455 g/mol. The molecule has 0 aliphatic carbocycles. The van der Waals surface area contributed by atoms with Gasteiger partial charge >= 0.3 is 47.1 Å². The van der Waals surface area contributed by atoms with Gasteiger partial charge in [0.15, 0.2) is 0 Å². The summed E-state index contributed by atoms with van der Waals surface area (Å²) in [6.45, 7) is 0. The second-order valence-corrected chi connectivity index (χ2v) is 4.96.